The van der Waals surface area contributed by atoms with Crippen LogP contribution in [0.1, 0.15) is 60.3 Å². The Labute approximate surface area is 213 Å². The molecule has 7 nitrogen and oxygen atoms in total. The fourth-order valence-electron chi connectivity index (χ4n) is 6.17. The molecule has 0 bridgehead atoms. The largest absolute Gasteiger partial charge is 0.465 e. The smallest absolute Gasteiger partial charge is 0.311 e. The minimum Gasteiger partial charge on any atom is -0.465 e. The fourth-order valence-corrected chi connectivity index (χ4v) is 8.16. The molecule has 1 N–H and O–H groups in total. The first-order valence-electron chi connectivity index (χ1n) is 13.0. The number of thioether (sulfide) groups is 1. The molecule has 1 spiro atoms. The van der Waals surface area contributed by atoms with Crippen LogP contribution in [0, 0.1) is 17.8 Å². The Kier molecular flexibility index (Phi) is 7.45. The van der Waals surface area contributed by atoms with Gasteiger partial charge in [-0.25, -0.2) is 0 Å². The average molecular weight is 505 g/mol. The standard InChI is InChI=1S/C27H40N2O5S/c1-17(2)15-18(16-30)29-22-24(32)28(26(3,4)5)13-10-12-27(22)21(23(29)31)20-19(35-27)11-8-6-7-9-14-34-25(20)33/h8,10-12,17-22,30H,6-7,9,13-16H2,1-5H3/b11-8-/t18-,19-,20+,21+,22?,27+/m1/s1. The van der Waals surface area contributed by atoms with Crippen LogP contribution in [0.2, 0.25) is 0 Å². The van der Waals surface area contributed by atoms with Crippen LogP contribution in [0.4, 0.5) is 0 Å². The molecule has 4 heterocycles. The van der Waals surface area contributed by atoms with Gasteiger partial charge >= 0.3 is 5.97 Å². The second kappa shape index (κ2) is 9.92. The van der Waals surface area contributed by atoms with Crippen molar-refractivity contribution in [2.24, 2.45) is 17.8 Å². The molecular formula is C27H40N2O5S. The summed E-state index contributed by atoms with van der Waals surface area (Å²) >= 11 is 1.56. The van der Waals surface area contributed by atoms with Crippen LogP contribution >= 0.6 is 11.8 Å². The van der Waals surface area contributed by atoms with Crippen LogP contribution in [0.3, 0.4) is 0 Å². The van der Waals surface area contributed by atoms with E-state index < -0.39 is 34.2 Å². The number of aliphatic hydroxyl groups is 1. The molecular weight excluding hydrogens is 464 g/mol. The van der Waals surface area contributed by atoms with Crippen molar-refractivity contribution in [1.82, 2.24) is 9.80 Å². The van der Waals surface area contributed by atoms with Crippen molar-refractivity contribution in [1.29, 1.82) is 0 Å². The molecule has 0 aromatic heterocycles. The second-order valence-electron chi connectivity index (χ2n) is 11.7. The Hall–Kier alpha value is -1.80. The third-order valence-corrected chi connectivity index (χ3v) is 9.44. The lowest BCUT2D eigenvalue weighted by molar-refractivity contribution is -0.154. The van der Waals surface area contributed by atoms with Gasteiger partial charge in [0.25, 0.3) is 0 Å². The minimum atomic E-state index is -0.884. The molecule has 194 valence electrons. The highest BCUT2D eigenvalue weighted by Gasteiger charge is 2.72. The Morgan fingerprint density at radius 2 is 1.91 bits per heavy atom. The van der Waals surface area contributed by atoms with E-state index in [0.717, 1.165) is 19.3 Å². The first-order chi connectivity index (χ1) is 16.5. The number of cyclic esters (lactones) is 1. The third kappa shape index (κ3) is 4.57. The van der Waals surface area contributed by atoms with Gasteiger partial charge in [-0.3, -0.25) is 14.4 Å². The lowest BCUT2D eigenvalue weighted by Crippen LogP contribution is -2.59. The first-order valence-corrected chi connectivity index (χ1v) is 13.8. The van der Waals surface area contributed by atoms with Gasteiger partial charge in [-0.15, -0.1) is 11.8 Å². The maximum absolute atomic E-state index is 14.3. The van der Waals surface area contributed by atoms with Crippen molar-refractivity contribution in [2.45, 2.75) is 87.9 Å². The van der Waals surface area contributed by atoms with Gasteiger partial charge in [0.15, 0.2) is 0 Å². The minimum absolute atomic E-state index is 0.117. The Balaban J connectivity index is 1.86. The van der Waals surface area contributed by atoms with Gasteiger partial charge in [0.1, 0.15) is 6.04 Å². The van der Waals surface area contributed by atoms with Crippen LogP contribution in [0.25, 0.3) is 0 Å². The SMILES string of the molecule is CC(C)C[C@H](CO)N1C(=O)[C@@H]2[C@H]3C(=O)OCCCC/C=C\[C@H]3S[C@@]23C=CCN(C(C)(C)C)C(=O)C13. The summed E-state index contributed by atoms with van der Waals surface area (Å²) in [6, 6.07) is -1.27. The van der Waals surface area contributed by atoms with Crippen LogP contribution in [0.15, 0.2) is 24.3 Å². The molecule has 4 rings (SSSR count). The number of fused-ring (bicyclic) bond motifs is 2. The number of rotatable bonds is 4. The number of likely N-dealkylation sites (tertiary alicyclic amines) is 1. The molecule has 2 saturated heterocycles. The number of carbonyl (C=O) groups is 3. The predicted octanol–water partition coefficient (Wildman–Crippen LogP) is 3.17. The number of carbonyl (C=O) groups excluding carboxylic acids is 3. The van der Waals surface area contributed by atoms with Gasteiger partial charge in [-0.05, 0) is 52.4 Å². The zero-order valence-corrected chi connectivity index (χ0v) is 22.4. The number of allylic oxidation sites excluding steroid dienone is 1. The second-order valence-corrected chi connectivity index (χ2v) is 13.2. The molecule has 4 aliphatic heterocycles. The molecule has 2 fully saturated rings. The van der Waals surface area contributed by atoms with Gasteiger partial charge in [0, 0.05) is 17.3 Å². The lowest BCUT2D eigenvalue weighted by atomic mass is 9.78. The first kappa shape index (κ1) is 26.3. The molecule has 0 aliphatic carbocycles. The van der Waals surface area contributed by atoms with Gasteiger partial charge in [-0.1, -0.05) is 38.2 Å². The molecule has 2 amide bonds. The van der Waals surface area contributed by atoms with Crippen LogP contribution in [-0.4, -0.2) is 80.1 Å². The van der Waals surface area contributed by atoms with E-state index in [9.17, 15) is 19.5 Å². The number of aliphatic hydroxyl groups excluding tert-OH is 1. The lowest BCUT2D eigenvalue weighted by Gasteiger charge is -2.42. The highest BCUT2D eigenvalue weighted by molar-refractivity contribution is 8.02. The van der Waals surface area contributed by atoms with E-state index in [-0.39, 0.29) is 35.6 Å². The number of ether oxygens (including phenoxy) is 1. The third-order valence-electron chi connectivity index (χ3n) is 7.70. The zero-order valence-electron chi connectivity index (χ0n) is 21.6. The number of hydrogen-bond donors (Lipinski definition) is 1. The predicted molar refractivity (Wildman–Crippen MR) is 137 cm³/mol. The molecule has 0 saturated carbocycles. The number of amides is 2. The Bertz CT molecular complexity index is 910. The highest BCUT2D eigenvalue weighted by atomic mass is 32.2. The van der Waals surface area contributed by atoms with Crippen LogP contribution in [0.5, 0.6) is 0 Å². The van der Waals surface area contributed by atoms with Crippen LogP contribution < -0.4 is 0 Å². The van der Waals surface area contributed by atoms with E-state index in [0.29, 0.717) is 19.6 Å². The molecule has 35 heavy (non-hydrogen) atoms. The number of hydrogen-bond acceptors (Lipinski definition) is 6. The average Bonchev–Trinajstić information content (AvgIpc) is 3.16. The Morgan fingerprint density at radius 1 is 1.17 bits per heavy atom. The van der Waals surface area contributed by atoms with Crippen molar-refractivity contribution in [3.63, 3.8) is 0 Å². The normalized spacial score (nSPS) is 35.3. The topological polar surface area (TPSA) is 87.2 Å². The van der Waals surface area contributed by atoms with E-state index in [2.05, 4.69) is 6.08 Å². The maximum atomic E-state index is 14.3. The monoisotopic (exact) mass is 504 g/mol. The van der Waals surface area contributed by atoms with E-state index in [1.807, 2.05) is 57.7 Å². The molecule has 8 heteroatoms. The van der Waals surface area contributed by atoms with Crippen molar-refractivity contribution in [2.75, 3.05) is 19.8 Å². The molecule has 6 atom stereocenters. The van der Waals surface area contributed by atoms with Gasteiger partial charge < -0.3 is 19.6 Å². The number of nitrogens with zero attached hydrogens (tertiary/aromatic N) is 2. The van der Waals surface area contributed by atoms with Crippen LogP contribution in [-0.2, 0) is 19.1 Å². The van der Waals surface area contributed by atoms with Crippen molar-refractivity contribution in [3.05, 3.63) is 24.3 Å². The van der Waals surface area contributed by atoms with Gasteiger partial charge in [-0.2, -0.15) is 0 Å². The Morgan fingerprint density at radius 3 is 2.57 bits per heavy atom. The molecule has 1 unspecified atom stereocenters. The van der Waals surface area contributed by atoms with Crippen molar-refractivity contribution >= 4 is 29.5 Å². The van der Waals surface area contributed by atoms with E-state index in [1.54, 1.807) is 16.7 Å². The quantitative estimate of drug-likeness (QED) is 0.468. The summed E-state index contributed by atoms with van der Waals surface area (Å²) in [4.78, 5) is 45.4. The summed E-state index contributed by atoms with van der Waals surface area (Å²) in [6.45, 7) is 10.6. The van der Waals surface area contributed by atoms with Gasteiger partial charge in [0.2, 0.25) is 11.8 Å². The fraction of sp³-hybridized carbons (Fsp3) is 0.741. The summed E-state index contributed by atoms with van der Waals surface area (Å²) < 4.78 is 4.78. The summed E-state index contributed by atoms with van der Waals surface area (Å²) in [5, 5.41) is 10.1. The van der Waals surface area contributed by atoms with E-state index in [1.165, 1.54) is 0 Å². The molecule has 0 aromatic carbocycles. The summed E-state index contributed by atoms with van der Waals surface area (Å²) in [5.74, 6) is -1.83. The highest BCUT2D eigenvalue weighted by Crippen LogP contribution is 2.61. The van der Waals surface area contributed by atoms with Crippen molar-refractivity contribution in [3.8, 4) is 0 Å². The summed E-state index contributed by atoms with van der Waals surface area (Å²) in [6.07, 6.45) is 11.4. The molecule has 0 aromatic rings. The maximum Gasteiger partial charge on any atom is 0.311 e. The van der Waals surface area contributed by atoms with Crippen molar-refractivity contribution < 1.29 is 24.2 Å². The molecule has 4 aliphatic rings. The number of esters is 1. The molecule has 0 radical (unpaired) electrons. The van der Waals surface area contributed by atoms with Gasteiger partial charge in [0.05, 0.1) is 35.8 Å². The van der Waals surface area contributed by atoms with E-state index in [4.69, 9.17) is 4.74 Å². The zero-order chi connectivity index (χ0) is 25.5. The van der Waals surface area contributed by atoms with E-state index >= 15 is 0 Å². The summed E-state index contributed by atoms with van der Waals surface area (Å²) in [7, 11) is 0. The summed E-state index contributed by atoms with van der Waals surface area (Å²) in [5.41, 5.74) is -0.438.